The van der Waals surface area contributed by atoms with E-state index in [1.807, 2.05) is 4.90 Å². The van der Waals surface area contributed by atoms with E-state index in [1.165, 1.54) is 18.3 Å². The predicted molar refractivity (Wildman–Crippen MR) is 106 cm³/mol. The number of aryl methyl sites for hydroxylation is 1. The Balaban J connectivity index is 1.85. The van der Waals surface area contributed by atoms with Crippen LogP contribution in [-0.2, 0) is 11.2 Å². The van der Waals surface area contributed by atoms with Crippen molar-refractivity contribution in [2.24, 2.45) is 5.92 Å². The van der Waals surface area contributed by atoms with Crippen LogP contribution in [0.4, 0.5) is 27.8 Å². The second-order valence-electron chi connectivity index (χ2n) is 7.50. The molecule has 0 amide bonds. The van der Waals surface area contributed by atoms with Crippen molar-refractivity contribution in [2.75, 3.05) is 18.0 Å². The minimum atomic E-state index is -4.25. The molecule has 1 aliphatic rings. The van der Waals surface area contributed by atoms with E-state index < -0.39 is 31.1 Å². The average molecular weight is 459 g/mol. The molecule has 1 N–H and O–H groups in total. The standard InChI is InChI=1S/C21H22F5N3O3/c22-20(23)32-16-5-3-13(4-6-16)17-18(29-10-7-14(8-11-29)19(30)31)28-15(12-27-17)2-1-9-21(24,25)26/h3-6,12,14,20H,1-2,7-11H2,(H,30,31). The van der Waals surface area contributed by atoms with E-state index >= 15 is 0 Å². The zero-order valence-electron chi connectivity index (χ0n) is 17.0. The van der Waals surface area contributed by atoms with Crippen LogP contribution < -0.4 is 9.64 Å². The Kier molecular flexibility index (Phi) is 7.47. The summed E-state index contributed by atoms with van der Waals surface area (Å²) in [6.07, 6.45) is -3.02. The molecule has 1 aromatic heterocycles. The average Bonchev–Trinajstić information content (AvgIpc) is 2.73. The number of carboxylic acids is 1. The van der Waals surface area contributed by atoms with Gasteiger partial charge in [-0.05, 0) is 49.9 Å². The monoisotopic (exact) mass is 459 g/mol. The number of carbonyl (C=O) groups is 1. The normalized spacial score (nSPS) is 15.2. The van der Waals surface area contributed by atoms with Gasteiger partial charge in [0.1, 0.15) is 11.4 Å². The van der Waals surface area contributed by atoms with E-state index in [0.29, 0.717) is 48.7 Å². The van der Waals surface area contributed by atoms with E-state index in [1.54, 1.807) is 12.1 Å². The fraction of sp³-hybridized carbons (Fsp3) is 0.476. The minimum Gasteiger partial charge on any atom is -0.481 e. The van der Waals surface area contributed by atoms with Crippen molar-refractivity contribution in [3.05, 3.63) is 36.2 Å². The number of nitrogens with zero attached hydrogens (tertiary/aromatic N) is 3. The van der Waals surface area contributed by atoms with Gasteiger partial charge in [0.15, 0.2) is 5.82 Å². The molecule has 1 fully saturated rings. The molecule has 2 aromatic rings. The molecule has 0 saturated carbocycles. The lowest BCUT2D eigenvalue weighted by molar-refractivity contribution is -0.142. The van der Waals surface area contributed by atoms with E-state index in [4.69, 9.17) is 0 Å². The molecule has 0 spiro atoms. The van der Waals surface area contributed by atoms with Gasteiger partial charge in [0.25, 0.3) is 0 Å². The lowest BCUT2D eigenvalue weighted by atomic mass is 9.97. The topological polar surface area (TPSA) is 75.5 Å². The highest BCUT2D eigenvalue weighted by Gasteiger charge is 2.28. The van der Waals surface area contributed by atoms with Crippen LogP contribution in [0.1, 0.15) is 31.4 Å². The molecule has 3 rings (SSSR count). The van der Waals surface area contributed by atoms with Gasteiger partial charge in [-0.15, -0.1) is 0 Å². The van der Waals surface area contributed by atoms with Crippen LogP contribution in [0.25, 0.3) is 11.3 Å². The van der Waals surface area contributed by atoms with Crippen LogP contribution >= 0.6 is 0 Å². The molecule has 1 aliphatic heterocycles. The zero-order valence-corrected chi connectivity index (χ0v) is 17.0. The van der Waals surface area contributed by atoms with E-state index in [2.05, 4.69) is 14.7 Å². The highest BCUT2D eigenvalue weighted by molar-refractivity contribution is 5.74. The van der Waals surface area contributed by atoms with E-state index in [-0.39, 0.29) is 18.6 Å². The molecule has 0 bridgehead atoms. The number of hydrogen-bond donors (Lipinski definition) is 1. The number of hydrogen-bond acceptors (Lipinski definition) is 5. The first-order valence-electron chi connectivity index (χ1n) is 10.1. The Morgan fingerprint density at radius 2 is 1.84 bits per heavy atom. The lowest BCUT2D eigenvalue weighted by Gasteiger charge is -2.32. The zero-order chi connectivity index (χ0) is 23.3. The number of rotatable bonds is 8. The molecule has 0 unspecified atom stereocenters. The Bertz CT molecular complexity index is 914. The molecule has 32 heavy (non-hydrogen) atoms. The summed E-state index contributed by atoms with van der Waals surface area (Å²) in [5, 5.41) is 9.22. The van der Waals surface area contributed by atoms with Crippen molar-refractivity contribution in [3.8, 4) is 17.0 Å². The van der Waals surface area contributed by atoms with Crippen LogP contribution in [-0.4, -0.2) is 46.9 Å². The fourth-order valence-electron chi connectivity index (χ4n) is 3.56. The number of aliphatic carboxylic acids is 1. The van der Waals surface area contributed by atoms with Gasteiger partial charge in [0.2, 0.25) is 0 Å². The SMILES string of the molecule is O=C(O)C1CCN(c2nc(CCCC(F)(F)F)cnc2-c2ccc(OC(F)F)cc2)CC1. The summed E-state index contributed by atoms with van der Waals surface area (Å²) in [5.41, 5.74) is 1.39. The summed E-state index contributed by atoms with van der Waals surface area (Å²) in [4.78, 5) is 22.0. The Morgan fingerprint density at radius 1 is 1.19 bits per heavy atom. The molecule has 174 valence electrons. The molecule has 1 saturated heterocycles. The first-order valence-corrected chi connectivity index (χ1v) is 10.1. The molecule has 0 atom stereocenters. The summed E-state index contributed by atoms with van der Waals surface area (Å²) in [6, 6.07) is 5.80. The van der Waals surface area contributed by atoms with Crippen LogP contribution in [0.2, 0.25) is 0 Å². The molecule has 0 radical (unpaired) electrons. The maximum Gasteiger partial charge on any atom is 0.389 e. The van der Waals surface area contributed by atoms with Crippen molar-refractivity contribution >= 4 is 11.8 Å². The summed E-state index contributed by atoms with van der Waals surface area (Å²) in [6.45, 7) is -2.16. The van der Waals surface area contributed by atoms with Gasteiger partial charge < -0.3 is 14.7 Å². The first kappa shape index (κ1) is 23.7. The van der Waals surface area contributed by atoms with Crippen LogP contribution in [0.15, 0.2) is 30.5 Å². The molecular weight excluding hydrogens is 437 g/mol. The molecule has 1 aromatic carbocycles. The third-order valence-electron chi connectivity index (χ3n) is 5.19. The van der Waals surface area contributed by atoms with Gasteiger partial charge in [0.05, 0.1) is 11.6 Å². The van der Waals surface area contributed by atoms with E-state index in [9.17, 15) is 31.9 Å². The number of anilines is 1. The van der Waals surface area contributed by atoms with Gasteiger partial charge >= 0.3 is 18.8 Å². The van der Waals surface area contributed by atoms with Gasteiger partial charge in [-0.3, -0.25) is 9.78 Å². The number of halogens is 5. The van der Waals surface area contributed by atoms with Crippen LogP contribution in [0.5, 0.6) is 5.75 Å². The molecule has 2 heterocycles. The number of benzene rings is 1. The highest BCUT2D eigenvalue weighted by atomic mass is 19.4. The quantitative estimate of drug-likeness (QED) is 0.564. The summed E-state index contributed by atoms with van der Waals surface area (Å²) < 4.78 is 66.6. The maximum absolute atomic E-state index is 12.5. The van der Waals surface area contributed by atoms with E-state index in [0.717, 1.165) is 0 Å². The van der Waals surface area contributed by atoms with Crippen molar-refractivity contribution in [3.63, 3.8) is 0 Å². The Labute approximate surface area is 181 Å². The largest absolute Gasteiger partial charge is 0.481 e. The third-order valence-corrected chi connectivity index (χ3v) is 5.19. The van der Waals surface area contributed by atoms with Crippen molar-refractivity contribution in [1.82, 2.24) is 9.97 Å². The van der Waals surface area contributed by atoms with Crippen LogP contribution in [0, 0.1) is 5.92 Å². The summed E-state index contributed by atoms with van der Waals surface area (Å²) in [5.74, 6) is -0.930. The fourth-order valence-corrected chi connectivity index (χ4v) is 3.56. The van der Waals surface area contributed by atoms with Crippen LogP contribution in [0.3, 0.4) is 0 Å². The maximum atomic E-state index is 12.5. The molecule has 6 nitrogen and oxygen atoms in total. The smallest absolute Gasteiger partial charge is 0.389 e. The first-order chi connectivity index (χ1) is 15.1. The summed E-state index contributed by atoms with van der Waals surface area (Å²) >= 11 is 0. The van der Waals surface area contributed by atoms with Gasteiger partial charge in [-0.1, -0.05) is 0 Å². The number of aromatic nitrogens is 2. The second kappa shape index (κ2) is 10.1. The Hall–Kier alpha value is -2.98. The van der Waals surface area contributed by atoms with Crippen molar-refractivity contribution in [1.29, 1.82) is 0 Å². The number of ether oxygens (including phenoxy) is 1. The highest BCUT2D eigenvalue weighted by Crippen LogP contribution is 2.32. The number of alkyl halides is 5. The minimum absolute atomic E-state index is 0.0238. The summed E-state index contributed by atoms with van der Waals surface area (Å²) in [7, 11) is 0. The lowest BCUT2D eigenvalue weighted by Crippen LogP contribution is -2.37. The van der Waals surface area contributed by atoms with Gasteiger partial charge in [-0.2, -0.15) is 22.0 Å². The van der Waals surface area contributed by atoms with Gasteiger partial charge in [0, 0.05) is 31.3 Å². The second-order valence-corrected chi connectivity index (χ2v) is 7.50. The third kappa shape index (κ3) is 6.51. The molecule has 0 aliphatic carbocycles. The van der Waals surface area contributed by atoms with Gasteiger partial charge in [-0.25, -0.2) is 4.98 Å². The van der Waals surface area contributed by atoms with Crippen molar-refractivity contribution < 1.29 is 36.6 Å². The molecular formula is C21H22F5N3O3. The number of piperidine rings is 1. The number of carboxylic acid groups (broad SMARTS) is 1. The molecule has 11 heteroatoms. The van der Waals surface area contributed by atoms with Crippen molar-refractivity contribution in [2.45, 2.75) is 44.9 Å². The Morgan fingerprint density at radius 3 is 2.41 bits per heavy atom. The predicted octanol–water partition coefficient (Wildman–Crippen LogP) is 4.93.